The predicted octanol–water partition coefficient (Wildman–Crippen LogP) is 3.34. The van der Waals surface area contributed by atoms with Crippen LogP contribution >= 0.6 is 0 Å². The molecule has 52 heavy (non-hydrogen) atoms. The number of aliphatic hydroxyl groups is 1. The number of esters is 6. The van der Waals surface area contributed by atoms with Crippen LogP contribution in [-0.2, 0) is 52.3 Å². The minimum absolute atomic E-state index is 0.0315. The van der Waals surface area contributed by atoms with E-state index in [1.807, 2.05) is 0 Å². The number of hydrogen-bond acceptors (Lipinski definition) is 15. The van der Waals surface area contributed by atoms with Gasteiger partial charge in [-0.05, 0) is 39.0 Å². The monoisotopic (exact) mass is 728 g/mol. The Bertz CT molecular complexity index is 1700. The molecule has 3 aliphatic rings. The highest BCUT2D eigenvalue weighted by molar-refractivity contribution is 5.90. The first-order valence-corrected chi connectivity index (χ1v) is 16.9. The summed E-state index contributed by atoms with van der Waals surface area (Å²) in [7, 11) is 0. The molecule has 282 valence electrons. The van der Waals surface area contributed by atoms with Gasteiger partial charge in [0.2, 0.25) is 0 Å². The zero-order chi connectivity index (χ0) is 38.4. The van der Waals surface area contributed by atoms with Crippen molar-refractivity contribution in [3.8, 4) is 0 Å². The number of benzene rings is 1. The van der Waals surface area contributed by atoms with Gasteiger partial charge in [0.15, 0.2) is 17.8 Å². The van der Waals surface area contributed by atoms with Gasteiger partial charge in [-0.25, -0.2) is 9.59 Å². The molecule has 15 heteroatoms. The molecular weight excluding hydrogens is 684 g/mol. The second kappa shape index (κ2) is 14.0. The van der Waals surface area contributed by atoms with Crippen molar-refractivity contribution < 1.29 is 71.4 Å². The average molecular weight is 729 g/mol. The zero-order valence-electron chi connectivity index (χ0n) is 30.2. The molecule has 0 amide bonds. The Morgan fingerprint density at radius 1 is 0.788 bits per heavy atom. The summed E-state index contributed by atoms with van der Waals surface area (Å²) < 4.78 is 48.3. The second-order valence-electron chi connectivity index (χ2n) is 14.5. The first-order valence-electron chi connectivity index (χ1n) is 16.9. The maximum atomic E-state index is 14.2. The van der Waals surface area contributed by atoms with E-state index >= 15 is 0 Å². The van der Waals surface area contributed by atoms with Crippen molar-refractivity contribution in [1.82, 2.24) is 0 Å². The van der Waals surface area contributed by atoms with Gasteiger partial charge in [0, 0.05) is 27.2 Å². The van der Waals surface area contributed by atoms with Crippen molar-refractivity contribution in [3.63, 3.8) is 0 Å². The van der Waals surface area contributed by atoms with Gasteiger partial charge in [0.1, 0.15) is 36.6 Å². The Labute approximate surface area is 300 Å². The molecule has 1 N–H and O–H groups in total. The molecule has 2 saturated carbocycles. The van der Waals surface area contributed by atoms with Crippen molar-refractivity contribution in [2.75, 3.05) is 6.61 Å². The summed E-state index contributed by atoms with van der Waals surface area (Å²) in [5.41, 5.74) is -8.26. The third kappa shape index (κ3) is 6.44. The average Bonchev–Trinajstić information content (AvgIpc) is 3.65. The van der Waals surface area contributed by atoms with Crippen LogP contribution in [-0.4, -0.2) is 94.9 Å². The molecule has 1 aliphatic heterocycles. The predicted molar refractivity (Wildman–Crippen MR) is 175 cm³/mol. The molecule has 1 aromatic carbocycles. The van der Waals surface area contributed by atoms with Crippen LogP contribution in [0.25, 0.3) is 0 Å². The molecular formula is C37H44O15. The number of carbonyl (C=O) groups excluding carboxylic acids is 6. The Balaban J connectivity index is 1.91. The molecule has 1 aromatic heterocycles. The van der Waals surface area contributed by atoms with Crippen LogP contribution in [0.3, 0.4) is 0 Å². The fourth-order valence-corrected chi connectivity index (χ4v) is 8.33. The number of ether oxygens (including phenoxy) is 7. The van der Waals surface area contributed by atoms with E-state index in [-0.39, 0.29) is 11.1 Å². The highest BCUT2D eigenvalue weighted by atomic mass is 16.7. The zero-order valence-corrected chi connectivity index (χ0v) is 30.2. The van der Waals surface area contributed by atoms with E-state index in [9.17, 15) is 33.9 Å². The molecule has 0 radical (unpaired) electrons. The van der Waals surface area contributed by atoms with Crippen molar-refractivity contribution >= 4 is 35.8 Å². The smallest absolute Gasteiger partial charge is 0.341 e. The van der Waals surface area contributed by atoms with E-state index in [1.54, 1.807) is 45.9 Å². The number of furan rings is 1. The summed E-state index contributed by atoms with van der Waals surface area (Å²) in [6.07, 6.45) is -6.32. The number of carbonyl (C=O) groups is 6. The first kappa shape index (κ1) is 38.5. The lowest BCUT2D eigenvalue weighted by molar-refractivity contribution is -0.363. The van der Waals surface area contributed by atoms with Crippen LogP contribution in [0.1, 0.15) is 82.5 Å². The van der Waals surface area contributed by atoms with Gasteiger partial charge in [-0.1, -0.05) is 32.0 Å². The van der Waals surface area contributed by atoms with Crippen molar-refractivity contribution in [1.29, 1.82) is 0 Å². The van der Waals surface area contributed by atoms with Crippen LogP contribution in [0.15, 0.2) is 53.3 Å². The standard InChI is InChI=1S/C37H44O15/c1-19(2)31(41)46-18-36-28(48-21(4)39)25(47-20(3)38)16-35(8,44)37(36)29(49-22(5)40)26(34(6,7)52-37)27(50-33(43)24-14-15-45-17-24)30(36)51-32(42)23-12-10-9-11-13-23/h9-15,17,19,25-30,44H,16,18H2,1-8H3/t25-,26+,27+,28+,29+,30-,35+,36+,37-/m0/s1. The molecule has 15 nitrogen and oxygen atoms in total. The molecule has 2 aliphatic carbocycles. The quantitative estimate of drug-likeness (QED) is 0.276. The van der Waals surface area contributed by atoms with Gasteiger partial charge < -0.3 is 42.7 Å². The minimum atomic E-state index is -2.33. The molecule has 1 spiro atoms. The van der Waals surface area contributed by atoms with Crippen molar-refractivity contribution in [2.45, 2.75) is 109 Å². The Morgan fingerprint density at radius 3 is 1.94 bits per heavy atom. The summed E-state index contributed by atoms with van der Waals surface area (Å²) in [6.45, 7) is 10.1. The summed E-state index contributed by atoms with van der Waals surface area (Å²) in [4.78, 5) is 80.1. The fraction of sp³-hybridized carbons (Fsp3) is 0.568. The molecule has 2 aromatic rings. The molecule has 2 bridgehead atoms. The lowest BCUT2D eigenvalue weighted by atomic mass is 9.45. The molecule has 0 unspecified atom stereocenters. The minimum Gasteiger partial charge on any atom is -0.472 e. The van der Waals surface area contributed by atoms with Gasteiger partial charge in [-0.3, -0.25) is 19.2 Å². The normalized spacial score (nSPS) is 32.9. The molecule has 2 heterocycles. The highest BCUT2D eigenvalue weighted by Crippen LogP contribution is 2.69. The van der Waals surface area contributed by atoms with Gasteiger partial charge in [0.25, 0.3) is 0 Å². The van der Waals surface area contributed by atoms with Crippen LogP contribution in [0.5, 0.6) is 0 Å². The lowest BCUT2D eigenvalue weighted by Crippen LogP contribution is -2.85. The topological polar surface area (TPSA) is 200 Å². The molecule has 5 rings (SSSR count). The maximum Gasteiger partial charge on any atom is 0.341 e. The van der Waals surface area contributed by atoms with Gasteiger partial charge >= 0.3 is 35.8 Å². The Morgan fingerprint density at radius 2 is 1.38 bits per heavy atom. The van der Waals surface area contributed by atoms with Crippen molar-refractivity contribution in [2.24, 2.45) is 17.3 Å². The Hall–Kier alpha value is -4.76. The van der Waals surface area contributed by atoms with Crippen LogP contribution in [0, 0.1) is 17.3 Å². The summed E-state index contributed by atoms with van der Waals surface area (Å²) >= 11 is 0. The summed E-state index contributed by atoms with van der Waals surface area (Å²) in [5.74, 6) is -7.13. The largest absolute Gasteiger partial charge is 0.472 e. The number of rotatable bonds is 10. The fourth-order valence-electron chi connectivity index (χ4n) is 8.33. The number of hydrogen-bond donors (Lipinski definition) is 1. The Kier molecular flexibility index (Phi) is 10.4. The van der Waals surface area contributed by atoms with Crippen LogP contribution in [0.2, 0.25) is 0 Å². The SMILES string of the molecule is CC(=O)O[C@H]1C[C@@](C)(O)[C@]23OC(C)(C)[C@H]([C@@H](OC(=O)c4ccoc4)[C@H](OC(=O)c4ccccc4)[C@@]2(COC(=O)C(C)C)[C@@H]1OC(C)=O)[C@H]3OC(C)=O. The third-order valence-corrected chi connectivity index (χ3v) is 10.1. The summed E-state index contributed by atoms with van der Waals surface area (Å²) in [5, 5.41) is 12.8. The van der Waals surface area contributed by atoms with Crippen LogP contribution < -0.4 is 0 Å². The van der Waals surface area contributed by atoms with E-state index in [0.29, 0.717) is 0 Å². The van der Waals surface area contributed by atoms with E-state index in [4.69, 9.17) is 37.6 Å². The van der Waals surface area contributed by atoms with Gasteiger partial charge in [-0.15, -0.1) is 0 Å². The van der Waals surface area contributed by atoms with Gasteiger partial charge in [-0.2, -0.15) is 0 Å². The lowest BCUT2D eigenvalue weighted by Gasteiger charge is -2.66. The number of fused-ring (bicyclic) bond motifs is 1. The highest BCUT2D eigenvalue weighted by Gasteiger charge is 2.89. The first-order chi connectivity index (χ1) is 24.3. The molecule has 9 atom stereocenters. The van der Waals surface area contributed by atoms with E-state index in [2.05, 4.69) is 0 Å². The third-order valence-electron chi connectivity index (χ3n) is 10.1. The van der Waals surface area contributed by atoms with E-state index in [0.717, 1.165) is 27.0 Å². The molecule has 3 fully saturated rings. The van der Waals surface area contributed by atoms with E-state index in [1.165, 1.54) is 31.4 Å². The summed E-state index contributed by atoms with van der Waals surface area (Å²) in [6, 6.07) is 9.13. The van der Waals surface area contributed by atoms with Crippen molar-refractivity contribution in [3.05, 3.63) is 60.1 Å². The van der Waals surface area contributed by atoms with Gasteiger partial charge in [0.05, 0.1) is 40.4 Å². The van der Waals surface area contributed by atoms with Crippen LogP contribution in [0.4, 0.5) is 0 Å². The second-order valence-corrected chi connectivity index (χ2v) is 14.5. The van der Waals surface area contributed by atoms with E-state index < -0.39 is 113 Å². The molecule has 1 saturated heterocycles. The maximum absolute atomic E-state index is 14.2.